The van der Waals surface area contributed by atoms with Crippen molar-refractivity contribution in [3.8, 4) is 0 Å². The summed E-state index contributed by atoms with van der Waals surface area (Å²) in [4.78, 5) is 22.6. The molecule has 33 heavy (non-hydrogen) atoms. The highest BCUT2D eigenvalue weighted by Crippen LogP contribution is 2.38. The quantitative estimate of drug-likeness (QED) is 0.499. The first-order chi connectivity index (χ1) is 15.2. The second-order valence-corrected chi connectivity index (χ2v) is 10.6. The summed E-state index contributed by atoms with van der Waals surface area (Å²) in [5.74, 6) is -4.23. The molecule has 0 spiro atoms. The van der Waals surface area contributed by atoms with Gasteiger partial charge in [0.1, 0.15) is 11.6 Å². The van der Waals surface area contributed by atoms with Gasteiger partial charge in [-0.05, 0) is 5.41 Å². The number of amides is 1. The molecule has 1 aromatic carbocycles. The minimum atomic E-state index is -3.89. The maximum absolute atomic E-state index is 13.8. The molecule has 9 nitrogen and oxygen atoms in total. The van der Waals surface area contributed by atoms with E-state index in [2.05, 4.69) is 15.3 Å². The third-order valence-corrected chi connectivity index (χ3v) is 5.89. The van der Waals surface area contributed by atoms with Crippen molar-refractivity contribution in [2.24, 2.45) is 0 Å². The Kier molecular flexibility index (Phi) is 6.46. The third-order valence-electron chi connectivity index (χ3n) is 5.05. The summed E-state index contributed by atoms with van der Waals surface area (Å²) < 4.78 is 65.5. The zero-order chi connectivity index (χ0) is 24.7. The Bertz CT molecular complexity index is 1170. The lowest BCUT2D eigenvalue weighted by Crippen LogP contribution is -2.49. The molecule has 2 heterocycles. The number of carbonyl (C=O) groups is 1. The summed E-state index contributed by atoms with van der Waals surface area (Å²) in [6.45, 7) is 6.30. The summed E-state index contributed by atoms with van der Waals surface area (Å²) >= 11 is 0. The van der Waals surface area contributed by atoms with Crippen LogP contribution in [0.15, 0.2) is 17.3 Å². The first-order valence-corrected chi connectivity index (χ1v) is 11.8. The van der Waals surface area contributed by atoms with Crippen molar-refractivity contribution < 1.29 is 31.5 Å². The molecule has 2 aromatic rings. The van der Waals surface area contributed by atoms with Crippen LogP contribution in [0.2, 0.25) is 0 Å². The number of anilines is 3. The molecule has 1 saturated heterocycles. The van der Waals surface area contributed by atoms with E-state index in [4.69, 9.17) is 0 Å². The number of sulfone groups is 1. The van der Waals surface area contributed by atoms with Crippen molar-refractivity contribution in [1.29, 1.82) is 0 Å². The summed E-state index contributed by atoms with van der Waals surface area (Å²) in [6, 6.07) is 1.47. The van der Waals surface area contributed by atoms with Crippen LogP contribution in [0, 0.1) is 17.5 Å². The lowest BCUT2D eigenvalue weighted by Gasteiger charge is -2.37. The van der Waals surface area contributed by atoms with E-state index < -0.39 is 44.0 Å². The van der Waals surface area contributed by atoms with Gasteiger partial charge in [-0.3, -0.25) is 0 Å². The van der Waals surface area contributed by atoms with Crippen LogP contribution >= 0.6 is 0 Å². The summed E-state index contributed by atoms with van der Waals surface area (Å²) in [5, 5.41) is 11.4. The molecule has 1 fully saturated rings. The smallest absolute Gasteiger partial charge is 0.407 e. The van der Waals surface area contributed by atoms with Gasteiger partial charge in [0.2, 0.25) is 9.84 Å². The number of rotatable bonds is 4. The van der Waals surface area contributed by atoms with Gasteiger partial charge in [0.05, 0.1) is 0 Å². The zero-order valence-corrected chi connectivity index (χ0v) is 19.3. The zero-order valence-electron chi connectivity index (χ0n) is 18.5. The lowest BCUT2D eigenvalue weighted by molar-refractivity contribution is 0.142. The maximum atomic E-state index is 13.8. The highest BCUT2D eigenvalue weighted by molar-refractivity contribution is 7.90. The largest absolute Gasteiger partial charge is 0.465 e. The van der Waals surface area contributed by atoms with Crippen molar-refractivity contribution >= 4 is 33.3 Å². The van der Waals surface area contributed by atoms with Gasteiger partial charge in [0, 0.05) is 55.8 Å². The molecule has 0 bridgehead atoms. The van der Waals surface area contributed by atoms with Gasteiger partial charge < -0.3 is 20.2 Å². The normalized spacial score (nSPS) is 15.0. The highest BCUT2D eigenvalue weighted by Gasteiger charge is 2.32. The molecule has 3 rings (SSSR count). The average Bonchev–Trinajstić information content (AvgIpc) is 2.70. The molecule has 0 unspecified atom stereocenters. The first-order valence-electron chi connectivity index (χ1n) is 9.95. The van der Waals surface area contributed by atoms with Crippen molar-refractivity contribution in [2.75, 3.05) is 42.7 Å². The molecule has 0 saturated carbocycles. The molecule has 13 heteroatoms. The van der Waals surface area contributed by atoms with Gasteiger partial charge in [-0.25, -0.2) is 36.4 Å². The standard InChI is InChI=1S/C20H24F3N5O4S/c1-20(2,3)14-16(24-11-9-12(21)15(23)13(22)10-11)25-18(33(4,31)32)26-17(14)27-5-7-28(8-6-27)19(29)30/h9-10H,5-8H2,1-4H3,(H,29,30)(H,24,25,26). The predicted octanol–water partition coefficient (Wildman–Crippen LogP) is 3.14. The molecule has 0 aliphatic carbocycles. The monoisotopic (exact) mass is 487 g/mol. The van der Waals surface area contributed by atoms with Crippen LogP contribution in [-0.2, 0) is 15.3 Å². The van der Waals surface area contributed by atoms with Gasteiger partial charge in [0.25, 0.3) is 5.16 Å². The average molecular weight is 488 g/mol. The molecular formula is C20H24F3N5O4S. The molecular weight excluding hydrogens is 463 g/mol. The van der Waals surface area contributed by atoms with Crippen molar-refractivity contribution in [3.63, 3.8) is 0 Å². The fourth-order valence-electron chi connectivity index (χ4n) is 3.48. The number of benzene rings is 1. The van der Waals surface area contributed by atoms with Crippen molar-refractivity contribution in [2.45, 2.75) is 31.3 Å². The number of piperazine rings is 1. The number of nitrogens with zero attached hydrogens (tertiary/aromatic N) is 4. The van der Waals surface area contributed by atoms with Crippen LogP contribution in [0.4, 0.5) is 35.3 Å². The number of carboxylic acid groups (broad SMARTS) is 1. The fourth-order valence-corrected chi connectivity index (χ4v) is 3.99. The number of aromatic nitrogens is 2. The maximum Gasteiger partial charge on any atom is 0.407 e. The Morgan fingerprint density at radius 1 is 1.06 bits per heavy atom. The van der Waals surface area contributed by atoms with Crippen LogP contribution in [0.5, 0.6) is 0 Å². The SMILES string of the molecule is CC(C)(C)c1c(Nc2cc(F)c(F)c(F)c2)nc(S(C)(=O)=O)nc1N1CCN(C(=O)O)CC1. The van der Waals surface area contributed by atoms with E-state index in [0.717, 1.165) is 18.4 Å². The molecule has 0 radical (unpaired) electrons. The van der Waals surface area contributed by atoms with E-state index in [9.17, 15) is 31.5 Å². The fraction of sp³-hybridized carbons (Fsp3) is 0.450. The van der Waals surface area contributed by atoms with Gasteiger partial charge in [-0.1, -0.05) is 20.8 Å². The summed E-state index contributed by atoms with van der Waals surface area (Å²) in [7, 11) is -3.89. The van der Waals surface area contributed by atoms with Gasteiger partial charge in [-0.15, -0.1) is 0 Å². The third kappa shape index (κ3) is 5.29. The van der Waals surface area contributed by atoms with Crippen molar-refractivity contribution in [1.82, 2.24) is 14.9 Å². The van der Waals surface area contributed by atoms with Gasteiger partial charge in [-0.2, -0.15) is 0 Å². The summed E-state index contributed by atoms with van der Waals surface area (Å²) in [6.07, 6.45) is -0.139. The number of nitrogens with one attached hydrogen (secondary N) is 1. The molecule has 180 valence electrons. The number of hydrogen-bond acceptors (Lipinski definition) is 7. The molecule has 1 aliphatic heterocycles. The van der Waals surface area contributed by atoms with E-state index >= 15 is 0 Å². The van der Waals surface area contributed by atoms with E-state index in [1.807, 2.05) is 20.8 Å². The van der Waals surface area contributed by atoms with E-state index in [1.54, 1.807) is 4.90 Å². The molecule has 1 aromatic heterocycles. The van der Waals surface area contributed by atoms with Crippen LogP contribution in [0.1, 0.15) is 26.3 Å². The second-order valence-electron chi connectivity index (χ2n) is 8.71. The molecule has 2 N–H and O–H groups in total. The van der Waals surface area contributed by atoms with E-state index in [0.29, 0.717) is 5.56 Å². The molecule has 1 amide bonds. The minimum absolute atomic E-state index is 0.0148. The number of halogens is 3. The van der Waals surface area contributed by atoms with Crippen LogP contribution in [0.3, 0.4) is 0 Å². The number of hydrogen-bond donors (Lipinski definition) is 2. The topological polar surface area (TPSA) is 116 Å². The highest BCUT2D eigenvalue weighted by atomic mass is 32.2. The van der Waals surface area contributed by atoms with Gasteiger partial charge in [0.15, 0.2) is 17.5 Å². The second kappa shape index (κ2) is 8.69. The van der Waals surface area contributed by atoms with E-state index in [1.165, 1.54) is 4.90 Å². The van der Waals surface area contributed by atoms with Crippen LogP contribution < -0.4 is 10.2 Å². The Labute approximate surface area is 189 Å². The molecule has 0 atom stereocenters. The van der Waals surface area contributed by atoms with Crippen molar-refractivity contribution in [3.05, 3.63) is 35.1 Å². The van der Waals surface area contributed by atoms with Crippen LogP contribution in [-0.4, -0.2) is 66.9 Å². The lowest BCUT2D eigenvalue weighted by atomic mass is 9.86. The van der Waals surface area contributed by atoms with E-state index in [-0.39, 0.29) is 43.5 Å². The Balaban J connectivity index is 2.17. The Morgan fingerprint density at radius 2 is 1.61 bits per heavy atom. The minimum Gasteiger partial charge on any atom is -0.465 e. The van der Waals surface area contributed by atoms with Gasteiger partial charge >= 0.3 is 6.09 Å². The first kappa shape index (κ1) is 24.6. The van der Waals surface area contributed by atoms with Crippen LogP contribution in [0.25, 0.3) is 0 Å². The summed E-state index contributed by atoms with van der Waals surface area (Å²) in [5.41, 5.74) is -0.394. The Morgan fingerprint density at radius 3 is 2.06 bits per heavy atom. The Hall–Kier alpha value is -3.09. The predicted molar refractivity (Wildman–Crippen MR) is 115 cm³/mol. The molecule has 1 aliphatic rings.